The molecule has 4 rings (SSSR count). The first-order chi connectivity index (χ1) is 21.5. The Morgan fingerprint density at radius 3 is 2.33 bits per heavy atom. The highest BCUT2D eigenvalue weighted by Crippen LogP contribution is 2.29. The van der Waals surface area contributed by atoms with Crippen LogP contribution in [0, 0.1) is 6.92 Å². The van der Waals surface area contributed by atoms with Crippen molar-refractivity contribution >= 4 is 38.9 Å². The number of carbonyl (C=O) groups is 2. The van der Waals surface area contributed by atoms with Crippen LogP contribution in [0.3, 0.4) is 0 Å². The summed E-state index contributed by atoms with van der Waals surface area (Å²) in [5.41, 5.74) is 4.92. The van der Waals surface area contributed by atoms with Crippen LogP contribution in [0.2, 0.25) is 0 Å². The summed E-state index contributed by atoms with van der Waals surface area (Å²) < 4.78 is 30.5. The van der Waals surface area contributed by atoms with Gasteiger partial charge in [0.05, 0.1) is 22.8 Å². The van der Waals surface area contributed by atoms with Crippen LogP contribution in [0.15, 0.2) is 59.5 Å². The standard InChI is InChI=1S/C33H43N7O4S/c1-6-8-14-30-37-28-20-27(38-33(42)35-22(3)4)23(5)36-31(28)40(30)21-24-15-17-25(18-16-24)26-12-10-11-13-29(26)45(43,44)39-32(41)34-19-9-7-2/h10-13,15-18,20,22H,6-9,14,19,21H2,1-5H3,(H2,34,39,41)(H2,35,38,42). The van der Waals surface area contributed by atoms with Gasteiger partial charge in [-0.2, -0.15) is 0 Å². The molecule has 4 amide bonds. The fourth-order valence-corrected chi connectivity index (χ4v) is 6.09. The van der Waals surface area contributed by atoms with E-state index in [9.17, 15) is 18.0 Å². The number of aromatic nitrogens is 3. The number of imidazole rings is 1. The van der Waals surface area contributed by atoms with Crippen LogP contribution in [-0.2, 0) is 23.0 Å². The van der Waals surface area contributed by atoms with E-state index in [-0.39, 0.29) is 17.0 Å². The normalized spacial score (nSPS) is 11.5. The van der Waals surface area contributed by atoms with Gasteiger partial charge in [0, 0.05) is 24.6 Å². The quantitative estimate of drug-likeness (QED) is 0.131. The van der Waals surface area contributed by atoms with E-state index < -0.39 is 16.1 Å². The van der Waals surface area contributed by atoms with Gasteiger partial charge in [0.15, 0.2) is 5.65 Å². The van der Waals surface area contributed by atoms with Crippen molar-refractivity contribution in [3.63, 3.8) is 0 Å². The fraction of sp³-hybridized carbons (Fsp3) is 0.394. The zero-order valence-corrected chi connectivity index (χ0v) is 27.4. The van der Waals surface area contributed by atoms with E-state index in [2.05, 4.69) is 32.2 Å². The van der Waals surface area contributed by atoms with E-state index >= 15 is 0 Å². The van der Waals surface area contributed by atoms with E-state index in [0.717, 1.165) is 49.1 Å². The number of sulfonamides is 1. The lowest BCUT2D eigenvalue weighted by molar-refractivity contribution is 0.245. The molecule has 0 aliphatic rings. The Kier molecular flexibility index (Phi) is 11.2. The molecule has 12 heteroatoms. The van der Waals surface area contributed by atoms with E-state index in [1.54, 1.807) is 18.2 Å². The minimum Gasteiger partial charge on any atom is -0.337 e. The molecule has 2 aromatic carbocycles. The molecule has 4 aromatic rings. The van der Waals surface area contributed by atoms with Gasteiger partial charge in [-0.15, -0.1) is 0 Å². The van der Waals surface area contributed by atoms with E-state index in [1.807, 2.05) is 58.0 Å². The van der Waals surface area contributed by atoms with Gasteiger partial charge in [-0.05, 0) is 56.9 Å². The summed E-state index contributed by atoms with van der Waals surface area (Å²) in [6.45, 7) is 10.7. The lowest BCUT2D eigenvalue weighted by atomic mass is 10.0. The molecular formula is C33H43N7O4S. The minimum absolute atomic E-state index is 0.00427. The number of unbranched alkanes of at least 4 members (excludes halogenated alkanes) is 2. The van der Waals surface area contributed by atoms with Crippen LogP contribution in [0.25, 0.3) is 22.3 Å². The molecule has 4 N–H and O–H groups in total. The predicted molar refractivity (Wildman–Crippen MR) is 178 cm³/mol. The highest BCUT2D eigenvalue weighted by atomic mass is 32.2. The van der Waals surface area contributed by atoms with Gasteiger partial charge in [-0.3, -0.25) is 0 Å². The van der Waals surface area contributed by atoms with Crippen molar-refractivity contribution in [3.05, 3.63) is 71.7 Å². The van der Waals surface area contributed by atoms with Crippen molar-refractivity contribution in [2.75, 3.05) is 11.9 Å². The Hall–Kier alpha value is -4.45. The van der Waals surface area contributed by atoms with Crippen molar-refractivity contribution in [3.8, 4) is 11.1 Å². The van der Waals surface area contributed by atoms with E-state index in [4.69, 9.17) is 9.97 Å². The molecule has 45 heavy (non-hydrogen) atoms. The van der Waals surface area contributed by atoms with Crippen LogP contribution < -0.4 is 20.7 Å². The van der Waals surface area contributed by atoms with E-state index in [1.165, 1.54) is 6.07 Å². The molecule has 0 atom stereocenters. The highest BCUT2D eigenvalue weighted by molar-refractivity contribution is 7.90. The molecule has 0 saturated heterocycles. The van der Waals surface area contributed by atoms with Crippen LogP contribution >= 0.6 is 0 Å². The van der Waals surface area contributed by atoms with Gasteiger partial charge in [0.25, 0.3) is 10.0 Å². The summed E-state index contributed by atoms with van der Waals surface area (Å²) in [4.78, 5) is 34.3. The lowest BCUT2D eigenvalue weighted by Gasteiger charge is -2.14. The Morgan fingerprint density at radius 1 is 0.933 bits per heavy atom. The van der Waals surface area contributed by atoms with E-state index in [0.29, 0.717) is 41.1 Å². The number of urea groups is 2. The number of pyridine rings is 1. The fourth-order valence-electron chi connectivity index (χ4n) is 4.93. The van der Waals surface area contributed by atoms with Crippen molar-refractivity contribution in [1.82, 2.24) is 29.9 Å². The van der Waals surface area contributed by atoms with Crippen LogP contribution in [0.5, 0.6) is 0 Å². The first-order valence-electron chi connectivity index (χ1n) is 15.5. The second kappa shape index (κ2) is 15.0. The second-order valence-electron chi connectivity index (χ2n) is 11.3. The number of nitrogens with one attached hydrogen (secondary N) is 4. The first-order valence-corrected chi connectivity index (χ1v) is 16.9. The largest absolute Gasteiger partial charge is 0.337 e. The summed E-state index contributed by atoms with van der Waals surface area (Å²) in [5.74, 6) is 0.909. The lowest BCUT2D eigenvalue weighted by Crippen LogP contribution is -2.39. The number of rotatable bonds is 13. The number of hydrogen-bond donors (Lipinski definition) is 4. The van der Waals surface area contributed by atoms with Crippen molar-refractivity contribution in [2.45, 2.75) is 84.2 Å². The van der Waals surface area contributed by atoms with Gasteiger partial charge in [-0.1, -0.05) is 69.2 Å². The van der Waals surface area contributed by atoms with Crippen molar-refractivity contribution < 1.29 is 18.0 Å². The number of benzene rings is 2. The van der Waals surface area contributed by atoms with Crippen molar-refractivity contribution in [1.29, 1.82) is 0 Å². The number of aryl methyl sites for hydroxylation is 2. The Bertz CT molecular complexity index is 1750. The van der Waals surface area contributed by atoms with Crippen LogP contribution in [-0.4, -0.2) is 47.6 Å². The second-order valence-corrected chi connectivity index (χ2v) is 13.0. The Morgan fingerprint density at radius 2 is 1.64 bits per heavy atom. The average molecular weight is 634 g/mol. The smallest absolute Gasteiger partial charge is 0.328 e. The summed E-state index contributed by atoms with van der Waals surface area (Å²) in [6, 6.07) is 15.1. The summed E-state index contributed by atoms with van der Waals surface area (Å²) in [7, 11) is -4.10. The summed E-state index contributed by atoms with van der Waals surface area (Å²) in [5, 5.41) is 8.30. The molecular weight excluding hydrogens is 590 g/mol. The predicted octanol–water partition coefficient (Wildman–Crippen LogP) is 6.12. The average Bonchev–Trinajstić information content (AvgIpc) is 3.31. The number of hydrogen-bond acceptors (Lipinski definition) is 6. The molecule has 0 radical (unpaired) electrons. The maximum atomic E-state index is 13.1. The Labute approximate surface area is 265 Å². The molecule has 240 valence electrons. The SMILES string of the molecule is CCCCNC(=O)NS(=O)(=O)c1ccccc1-c1ccc(Cn2c(CCCC)nc3cc(NC(=O)NC(C)C)c(C)nc32)cc1. The van der Waals surface area contributed by atoms with Gasteiger partial charge in [0.2, 0.25) is 0 Å². The molecule has 0 aliphatic heterocycles. The first kappa shape index (κ1) is 33.4. The third-order valence-corrected chi connectivity index (χ3v) is 8.63. The molecule has 2 heterocycles. The molecule has 0 aliphatic carbocycles. The topological polar surface area (TPSA) is 147 Å². The monoisotopic (exact) mass is 633 g/mol. The molecule has 0 unspecified atom stereocenters. The highest BCUT2D eigenvalue weighted by Gasteiger charge is 2.22. The Balaban J connectivity index is 1.61. The maximum absolute atomic E-state index is 13.1. The number of fused-ring (bicyclic) bond motifs is 1. The molecule has 2 aromatic heterocycles. The van der Waals surface area contributed by atoms with Gasteiger partial charge < -0.3 is 20.5 Å². The molecule has 0 saturated carbocycles. The van der Waals surface area contributed by atoms with Crippen molar-refractivity contribution in [2.24, 2.45) is 0 Å². The minimum atomic E-state index is -4.10. The van der Waals surface area contributed by atoms with Crippen LogP contribution in [0.1, 0.15) is 70.5 Å². The third kappa shape index (κ3) is 8.59. The third-order valence-electron chi connectivity index (χ3n) is 7.24. The van der Waals surface area contributed by atoms with Gasteiger partial charge in [0.1, 0.15) is 11.3 Å². The maximum Gasteiger partial charge on any atom is 0.328 e. The number of amides is 4. The zero-order valence-electron chi connectivity index (χ0n) is 26.6. The number of anilines is 1. The number of nitrogens with zero attached hydrogens (tertiary/aromatic N) is 3. The zero-order chi connectivity index (χ0) is 32.6. The summed E-state index contributed by atoms with van der Waals surface area (Å²) >= 11 is 0. The van der Waals surface area contributed by atoms with Crippen LogP contribution in [0.4, 0.5) is 15.3 Å². The summed E-state index contributed by atoms with van der Waals surface area (Å²) in [6.07, 6.45) is 4.42. The molecule has 11 nitrogen and oxygen atoms in total. The molecule has 0 spiro atoms. The molecule has 0 bridgehead atoms. The number of carbonyl (C=O) groups excluding carboxylic acids is 2. The molecule has 0 fully saturated rings. The van der Waals surface area contributed by atoms with Gasteiger partial charge in [-0.25, -0.2) is 32.7 Å². The van der Waals surface area contributed by atoms with Gasteiger partial charge >= 0.3 is 12.1 Å².